The highest BCUT2D eigenvalue weighted by molar-refractivity contribution is 5.89. The van der Waals surface area contributed by atoms with Crippen molar-refractivity contribution in [1.82, 2.24) is 0 Å². The first-order valence-electron chi connectivity index (χ1n) is 18.2. The summed E-state index contributed by atoms with van der Waals surface area (Å²) in [6, 6.07) is -1.41. The van der Waals surface area contributed by atoms with Crippen LogP contribution in [0.4, 0.5) is 5.69 Å². The number of fused-ring (bicyclic) bond motifs is 1. The fourth-order valence-corrected chi connectivity index (χ4v) is 6.07. The molecule has 3 atom stereocenters. The smallest absolute Gasteiger partial charge is 0.221 e. The van der Waals surface area contributed by atoms with Crippen LogP contribution in [-0.4, -0.2) is 16.6 Å². The molecule has 1 aliphatic heterocycles. The Morgan fingerprint density at radius 1 is 1.05 bits per heavy atom. The number of carbonyl (C=O) groups is 1. The van der Waals surface area contributed by atoms with E-state index in [9.17, 15) is 9.90 Å². The molecule has 1 heterocycles. The van der Waals surface area contributed by atoms with Gasteiger partial charge in [-0.2, -0.15) is 0 Å². The van der Waals surface area contributed by atoms with Gasteiger partial charge in [-0.05, 0) is 99.9 Å². The van der Waals surface area contributed by atoms with Gasteiger partial charge in [-0.1, -0.05) is 72.6 Å². The predicted octanol–water partition coefficient (Wildman–Crippen LogP) is 10.6. The maximum atomic E-state index is 11.7. The lowest BCUT2D eigenvalue weighted by molar-refractivity contribution is -0.114. The Morgan fingerprint density at radius 2 is 1.69 bits per heavy atom. The molecule has 0 aromatic heterocycles. The molecule has 2 aromatic carbocycles. The quantitative estimate of drug-likeness (QED) is 0.205. The zero-order valence-electron chi connectivity index (χ0n) is 31.4. The third kappa shape index (κ3) is 9.41. The van der Waals surface area contributed by atoms with Crippen LogP contribution >= 0.6 is 0 Å². The number of carbonyl (C=O) groups excluding carboxylic acids is 1. The van der Waals surface area contributed by atoms with Crippen LogP contribution in [0.3, 0.4) is 0 Å². The molecule has 0 spiro atoms. The molecule has 0 radical (unpaired) electrons. The van der Waals surface area contributed by atoms with Gasteiger partial charge in [-0.15, -0.1) is 0 Å². The molecule has 0 fully saturated rings. The van der Waals surface area contributed by atoms with Crippen LogP contribution < -0.4 is 14.8 Å². The number of benzene rings is 2. The van der Waals surface area contributed by atoms with Crippen LogP contribution in [0.1, 0.15) is 133 Å². The molecular formula is C37H57NO4. The Bertz CT molecular complexity index is 1380. The van der Waals surface area contributed by atoms with Gasteiger partial charge in [0.05, 0.1) is 4.11 Å². The molecule has 1 amide bonds. The maximum Gasteiger partial charge on any atom is 0.221 e. The Labute approximate surface area is 261 Å². The molecule has 5 nitrogen and oxygen atoms in total. The molecule has 2 N–H and O–H groups in total. The first-order valence-corrected chi connectivity index (χ1v) is 16.0. The van der Waals surface area contributed by atoms with E-state index in [1.807, 2.05) is 13.8 Å². The largest absolute Gasteiger partial charge is 0.504 e. The number of nitrogens with one attached hydrogen (secondary N) is 1. The minimum absolute atomic E-state index is 0.0936. The minimum atomic E-state index is -0.649. The normalized spacial score (nSPS) is 19.2. The fourth-order valence-electron chi connectivity index (χ4n) is 6.07. The van der Waals surface area contributed by atoms with Crippen molar-refractivity contribution in [3.8, 4) is 23.0 Å². The molecule has 0 bridgehead atoms. The molecule has 3 unspecified atom stereocenters. The van der Waals surface area contributed by atoms with E-state index in [1.165, 1.54) is 51.9 Å². The average molecular weight is 584 g/mol. The monoisotopic (exact) mass is 583 g/mol. The van der Waals surface area contributed by atoms with E-state index in [-0.39, 0.29) is 23.9 Å². The van der Waals surface area contributed by atoms with Crippen LogP contribution in [-0.2, 0) is 11.2 Å². The predicted molar refractivity (Wildman–Crippen MR) is 175 cm³/mol. The number of anilines is 1. The molecule has 3 rings (SSSR count). The Kier molecular flexibility index (Phi) is 10.1. The van der Waals surface area contributed by atoms with Gasteiger partial charge in [0.1, 0.15) is 17.1 Å². The highest BCUT2D eigenvalue weighted by Gasteiger charge is 2.34. The molecule has 0 aliphatic carbocycles. The van der Waals surface area contributed by atoms with Gasteiger partial charge in [0, 0.05) is 25.6 Å². The van der Waals surface area contributed by atoms with Crippen LogP contribution in [0.2, 0.25) is 0 Å². The topological polar surface area (TPSA) is 67.8 Å². The highest BCUT2D eigenvalue weighted by Crippen LogP contribution is 2.47. The first-order chi connectivity index (χ1) is 21.6. The van der Waals surface area contributed by atoms with Crippen LogP contribution in [0, 0.1) is 38.5 Å². The summed E-state index contributed by atoms with van der Waals surface area (Å²) in [7, 11) is 0. The molecule has 1 aliphatic rings. The van der Waals surface area contributed by atoms with Crippen molar-refractivity contribution in [3.63, 3.8) is 0 Å². The molecule has 0 saturated carbocycles. The van der Waals surface area contributed by atoms with Gasteiger partial charge >= 0.3 is 0 Å². The summed E-state index contributed by atoms with van der Waals surface area (Å²) in [5.74, 6) is 1.96. The summed E-state index contributed by atoms with van der Waals surface area (Å²) in [5, 5.41) is 13.1. The van der Waals surface area contributed by atoms with E-state index in [0.29, 0.717) is 23.7 Å². The number of amides is 1. The van der Waals surface area contributed by atoms with Gasteiger partial charge in [0.25, 0.3) is 0 Å². The zero-order chi connectivity index (χ0) is 34.3. The number of phenolic OH excluding ortho intramolecular Hbond substituents is 1. The van der Waals surface area contributed by atoms with Crippen molar-refractivity contribution >= 4 is 11.6 Å². The van der Waals surface area contributed by atoms with Crippen molar-refractivity contribution in [2.24, 2.45) is 17.8 Å². The third-order valence-electron chi connectivity index (χ3n) is 8.95. The van der Waals surface area contributed by atoms with E-state index in [1.54, 1.807) is 0 Å². The molecule has 42 heavy (non-hydrogen) atoms. The van der Waals surface area contributed by atoms with Crippen molar-refractivity contribution in [2.45, 2.75) is 139 Å². The maximum absolute atomic E-state index is 11.7. The zero-order valence-corrected chi connectivity index (χ0v) is 27.4. The standard InChI is InChI=1S/C37H57NO4/c1-24(2)13-10-14-25(3)15-11-16-26(4)17-12-21-37(9)22-20-32-29(7)35(27(5)28(6)36(32)42-37)41-34-23-31(38-30(8)39)18-19-33(34)40/h18-19,23-26,40H,10-17,20-22H2,1-9H3,(H,38,39)/i7D,18D,19D,23D. The number of phenols is 1. The minimum Gasteiger partial charge on any atom is -0.504 e. The van der Waals surface area contributed by atoms with E-state index >= 15 is 0 Å². The Hall–Kier alpha value is -2.69. The summed E-state index contributed by atoms with van der Waals surface area (Å²) >= 11 is 0. The number of ether oxygens (including phenoxy) is 2. The molecule has 2 aromatic rings. The summed E-state index contributed by atoms with van der Waals surface area (Å²) in [6.45, 7) is 16.5. The number of aromatic hydroxyl groups is 1. The fraction of sp³-hybridized carbons (Fsp3) is 0.649. The molecular weight excluding hydrogens is 522 g/mol. The highest BCUT2D eigenvalue weighted by atomic mass is 16.5. The van der Waals surface area contributed by atoms with Crippen molar-refractivity contribution in [1.29, 1.82) is 0 Å². The third-order valence-corrected chi connectivity index (χ3v) is 8.95. The summed E-state index contributed by atoms with van der Waals surface area (Å²) in [5.41, 5.74) is 2.61. The second kappa shape index (κ2) is 15.2. The number of rotatable bonds is 15. The lowest BCUT2D eigenvalue weighted by Crippen LogP contribution is -2.37. The molecule has 5 heteroatoms. The first kappa shape index (κ1) is 28.1. The van der Waals surface area contributed by atoms with E-state index in [2.05, 4.69) is 39.9 Å². The van der Waals surface area contributed by atoms with Gasteiger partial charge in [-0.25, -0.2) is 0 Å². The summed E-state index contributed by atoms with van der Waals surface area (Å²) < 4.78 is 46.2. The lowest BCUT2D eigenvalue weighted by atomic mass is 9.83. The van der Waals surface area contributed by atoms with E-state index in [4.69, 9.17) is 15.0 Å². The van der Waals surface area contributed by atoms with Gasteiger partial charge in [0.15, 0.2) is 11.5 Å². The summed E-state index contributed by atoms with van der Waals surface area (Å²) in [4.78, 5) is 11.7. The van der Waals surface area contributed by atoms with Crippen LogP contribution in [0.15, 0.2) is 18.1 Å². The number of hydrogen-bond acceptors (Lipinski definition) is 4. The second-order valence-electron chi connectivity index (χ2n) is 13.5. The van der Waals surface area contributed by atoms with Gasteiger partial charge in [-0.3, -0.25) is 4.79 Å². The Morgan fingerprint density at radius 3 is 2.31 bits per heavy atom. The van der Waals surface area contributed by atoms with Crippen molar-refractivity contribution < 1.29 is 24.9 Å². The van der Waals surface area contributed by atoms with Gasteiger partial charge < -0.3 is 19.9 Å². The SMILES string of the molecule is [2H]Cc1c2c(c(C)c(C)c1Oc1c([2H])c(NC(C)=O)c([2H])c([2H])c1O)OC(C)(CCCC(C)CCCC(C)CCCC(C)C)CC2. The van der Waals surface area contributed by atoms with Crippen LogP contribution in [0.25, 0.3) is 0 Å². The van der Waals surface area contributed by atoms with Crippen molar-refractivity contribution in [2.75, 3.05) is 5.32 Å². The molecule has 234 valence electrons. The average Bonchev–Trinajstić information content (AvgIpc) is 2.98. The summed E-state index contributed by atoms with van der Waals surface area (Å²) in [6.07, 6.45) is 12.7. The van der Waals surface area contributed by atoms with E-state index in [0.717, 1.165) is 53.5 Å². The van der Waals surface area contributed by atoms with Crippen molar-refractivity contribution in [3.05, 3.63) is 40.4 Å². The Balaban J connectivity index is 1.71. The second-order valence-corrected chi connectivity index (χ2v) is 13.5. The van der Waals surface area contributed by atoms with E-state index < -0.39 is 29.8 Å². The number of hydrogen-bond donors (Lipinski definition) is 2. The lowest BCUT2D eigenvalue weighted by Gasteiger charge is -2.38. The van der Waals surface area contributed by atoms with Crippen LogP contribution in [0.5, 0.6) is 23.0 Å². The molecule has 0 saturated heterocycles. The van der Waals surface area contributed by atoms with Gasteiger partial charge in [0.2, 0.25) is 5.91 Å².